The molecule has 0 saturated carbocycles. The fourth-order valence-corrected chi connectivity index (χ4v) is 3.79. The molecule has 152 valence electrons. The molecule has 0 aliphatic carbocycles. The Hall–Kier alpha value is -4.14. The molecule has 0 atom stereocenters. The number of nitrogens with one attached hydrogen (secondary N) is 2. The first-order valence-electron chi connectivity index (χ1n) is 9.02. The van der Waals surface area contributed by atoms with Gasteiger partial charge in [-0.05, 0) is 24.3 Å². The van der Waals surface area contributed by atoms with Crippen LogP contribution in [0.3, 0.4) is 0 Å². The lowest BCUT2D eigenvalue weighted by Crippen LogP contribution is -1.97. The third-order valence-electron chi connectivity index (χ3n) is 5.12. The number of rotatable bonds is 4. The van der Waals surface area contributed by atoms with Gasteiger partial charge in [-0.15, -0.1) is 0 Å². The van der Waals surface area contributed by atoms with Gasteiger partial charge < -0.3 is 28.8 Å². The van der Waals surface area contributed by atoms with Crippen LogP contribution in [0.1, 0.15) is 0 Å². The number of pyridine rings is 1. The van der Waals surface area contributed by atoms with Crippen LogP contribution in [0, 0.1) is 0 Å². The topological polar surface area (TPSA) is 123 Å². The molecule has 9 nitrogen and oxygen atoms in total. The second kappa shape index (κ2) is 6.45. The number of nitrogens with zero attached hydrogens (tertiary/aromatic N) is 1. The minimum absolute atomic E-state index is 0.0855. The van der Waals surface area contributed by atoms with Gasteiger partial charge in [-0.1, -0.05) is 0 Å². The van der Waals surface area contributed by atoms with Gasteiger partial charge in [0.15, 0.2) is 28.3 Å². The van der Waals surface area contributed by atoms with Crippen LogP contribution < -0.4 is 19.6 Å². The number of furan rings is 1. The molecule has 0 amide bonds. The van der Waals surface area contributed by atoms with Crippen molar-refractivity contribution in [2.45, 2.75) is 0 Å². The molecule has 2 aromatic carbocycles. The van der Waals surface area contributed by atoms with Gasteiger partial charge in [0.25, 0.3) is 0 Å². The maximum absolute atomic E-state index is 11.9. The molecule has 0 unspecified atom stereocenters. The molecule has 0 spiro atoms. The monoisotopic (exact) mass is 407 g/mol. The van der Waals surface area contributed by atoms with E-state index in [1.165, 1.54) is 20.3 Å². The molecule has 30 heavy (non-hydrogen) atoms. The summed E-state index contributed by atoms with van der Waals surface area (Å²) in [6.07, 6.45) is 1.75. The zero-order valence-electron chi connectivity index (χ0n) is 16.3. The summed E-state index contributed by atoms with van der Waals surface area (Å²) in [4.78, 5) is 16.5. The molecular weight excluding hydrogens is 390 g/mol. The van der Waals surface area contributed by atoms with Crippen molar-refractivity contribution in [1.29, 1.82) is 0 Å². The number of hydrogen-bond acceptors (Lipinski definition) is 7. The van der Waals surface area contributed by atoms with E-state index in [0.717, 1.165) is 5.39 Å². The summed E-state index contributed by atoms with van der Waals surface area (Å²) in [6.45, 7) is 0. The summed E-state index contributed by atoms with van der Waals surface area (Å²) >= 11 is 0. The van der Waals surface area contributed by atoms with E-state index < -0.39 is 11.2 Å². The largest absolute Gasteiger partial charge is 0.502 e. The van der Waals surface area contributed by atoms with E-state index in [4.69, 9.17) is 18.6 Å². The fourth-order valence-electron chi connectivity index (χ4n) is 3.79. The molecule has 0 fully saturated rings. The fraction of sp³-hybridized carbons (Fsp3) is 0.143. The zero-order valence-corrected chi connectivity index (χ0v) is 16.3. The van der Waals surface area contributed by atoms with Gasteiger partial charge >= 0.3 is 0 Å². The Morgan fingerprint density at radius 1 is 0.967 bits per heavy atom. The number of phenols is 1. The molecule has 0 aliphatic rings. The molecule has 0 aliphatic heterocycles. The Kier molecular flexibility index (Phi) is 3.85. The van der Waals surface area contributed by atoms with Gasteiger partial charge in [0.05, 0.1) is 26.7 Å². The number of ether oxygens (including phenoxy) is 3. The molecule has 3 aromatic heterocycles. The maximum atomic E-state index is 11.9. The normalized spacial score (nSPS) is 11.4. The number of fused-ring (bicyclic) bond motifs is 4. The Balaban J connectivity index is 1.99. The minimum atomic E-state index is -0.523. The number of H-pyrrole nitrogens is 2. The Morgan fingerprint density at radius 3 is 2.50 bits per heavy atom. The van der Waals surface area contributed by atoms with Crippen molar-refractivity contribution in [3.05, 3.63) is 40.7 Å². The predicted molar refractivity (Wildman–Crippen MR) is 111 cm³/mol. The van der Waals surface area contributed by atoms with Crippen molar-refractivity contribution >= 4 is 33.1 Å². The molecule has 0 bridgehead atoms. The van der Waals surface area contributed by atoms with Crippen LogP contribution in [0.4, 0.5) is 0 Å². The first-order valence-corrected chi connectivity index (χ1v) is 9.02. The van der Waals surface area contributed by atoms with Crippen molar-refractivity contribution in [2.24, 2.45) is 0 Å². The van der Waals surface area contributed by atoms with E-state index >= 15 is 0 Å². The van der Waals surface area contributed by atoms with E-state index in [2.05, 4.69) is 15.2 Å². The van der Waals surface area contributed by atoms with Crippen LogP contribution in [0.25, 0.3) is 44.2 Å². The Morgan fingerprint density at radius 2 is 1.77 bits per heavy atom. The van der Waals surface area contributed by atoms with Crippen molar-refractivity contribution in [1.82, 2.24) is 15.2 Å². The van der Waals surface area contributed by atoms with Gasteiger partial charge in [-0.25, -0.2) is 4.98 Å². The molecular formula is C21H17N3O6. The Labute approximate surface area is 168 Å². The lowest BCUT2D eigenvalue weighted by Gasteiger charge is -2.16. The smallest absolute Gasteiger partial charge is 0.224 e. The first kappa shape index (κ1) is 17.9. The minimum Gasteiger partial charge on any atom is -0.502 e. The number of aromatic hydroxyl groups is 1. The van der Waals surface area contributed by atoms with Gasteiger partial charge in [0.1, 0.15) is 5.52 Å². The van der Waals surface area contributed by atoms with Crippen molar-refractivity contribution in [3.8, 4) is 34.1 Å². The molecule has 3 heterocycles. The highest BCUT2D eigenvalue weighted by Gasteiger charge is 2.25. The zero-order chi connectivity index (χ0) is 21.0. The lowest BCUT2D eigenvalue weighted by atomic mass is 10.00. The molecule has 5 aromatic rings. The number of benzene rings is 2. The number of hydrogen-bond donors (Lipinski definition) is 3. The molecule has 0 saturated heterocycles. The third kappa shape index (κ3) is 2.29. The standard InChI is InChI=1S/C21H17N3O6/c1-27-13-7-5-9(18(28-2)19(13)29-3)14-11-8-22-24-21(11)23-15-10-4-6-12(25)16(26)17(10)30-20(14)15/h4-8,26H,1-3H3,(H2,22,23,24). The quantitative estimate of drug-likeness (QED) is 0.416. The summed E-state index contributed by atoms with van der Waals surface area (Å²) in [5.74, 6) is 0.932. The summed E-state index contributed by atoms with van der Waals surface area (Å²) < 4.78 is 22.6. The average Bonchev–Trinajstić information content (AvgIpc) is 3.38. The number of methoxy groups -OCH3 is 3. The number of phenolic OH excluding ortho intramolecular Hbond substituents is 1. The highest BCUT2D eigenvalue weighted by Crippen LogP contribution is 2.48. The average molecular weight is 407 g/mol. The van der Waals surface area contributed by atoms with Gasteiger partial charge in [0.2, 0.25) is 16.9 Å². The van der Waals surface area contributed by atoms with Gasteiger partial charge in [-0.3, -0.25) is 9.89 Å². The molecule has 5 rings (SSSR count). The third-order valence-corrected chi connectivity index (χ3v) is 5.12. The number of aromatic nitrogens is 3. The summed E-state index contributed by atoms with van der Waals surface area (Å²) in [6, 6.07) is 6.47. The highest BCUT2D eigenvalue weighted by atomic mass is 16.5. The molecule has 3 N–H and O–H groups in total. The van der Waals surface area contributed by atoms with Crippen LogP contribution in [0.15, 0.2) is 39.7 Å². The SMILES string of the molecule is COc1ccc(-c2c3c[nH][nH]c3nc3c2oc2c(O)c(=O)ccc23)c(OC)c1OC. The van der Waals surface area contributed by atoms with Crippen LogP contribution in [-0.2, 0) is 0 Å². The van der Waals surface area contributed by atoms with E-state index in [1.54, 1.807) is 25.4 Å². The van der Waals surface area contributed by atoms with Crippen LogP contribution >= 0.6 is 0 Å². The van der Waals surface area contributed by atoms with E-state index in [1.807, 2.05) is 6.07 Å². The Bertz CT molecular complexity index is 1490. The molecule has 0 radical (unpaired) electrons. The number of aromatic amines is 2. The van der Waals surface area contributed by atoms with Crippen molar-refractivity contribution < 1.29 is 23.7 Å². The van der Waals surface area contributed by atoms with E-state index in [0.29, 0.717) is 50.5 Å². The van der Waals surface area contributed by atoms with Crippen molar-refractivity contribution in [3.63, 3.8) is 0 Å². The van der Waals surface area contributed by atoms with Crippen LogP contribution in [0.5, 0.6) is 23.0 Å². The predicted octanol–water partition coefficient (Wildman–Crippen LogP) is 3.55. The summed E-state index contributed by atoms with van der Waals surface area (Å²) in [5, 5.41) is 17.4. The second-order valence-corrected chi connectivity index (χ2v) is 6.61. The molecule has 9 heteroatoms. The van der Waals surface area contributed by atoms with E-state index in [-0.39, 0.29) is 5.58 Å². The first-order chi connectivity index (χ1) is 14.6. The maximum Gasteiger partial charge on any atom is 0.224 e. The van der Waals surface area contributed by atoms with Gasteiger partial charge in [0, 0.05) is 22.7 Å². The lowest BCUT2D eigenvalue weighted by molar-refractivity contribution is 0.325. The van der Waals surface area contributed by atoms with Crippen molar-refractivity contribution in [2.75, 3.05) is 21.3 Å². The highest BCUT2D eigenvalue weighted by molar-refractivity contribution is 6.15. The summed E-state index contributed by atoms with van der Waals surface area (Å²) in [7, 11) is 4.61. The van der Waals surface area contributed by atoms with Crippen LogP contribution in [0.2, 0.25) is 0 Å². The van der Waals surface area contributed by atoms with E-state index in [9.17, 15) is 9.90 Å². The van der Waals surface area contributed by atoms with Gasteiger partial charge in [-0.2, -0.15) is 0 Å². The van der Waals surface area contributed by atoms with Crippen LogP contribution in [-0.4, -0.2) is 41.6 Å². The summed E-state index contributed by atoms with van der Waals surface area (Å²) in [5.41, 5.74) is 2.36. The second-order valence-electron chi connectivity index (χ2n) is 6.61.